The largest absolute Gasteiger partial charge is 0.481 e. The summed E-state index contributed by atoms with van der Waals surface area (Å²) in [6.07, 6.45) is -0.0100. The number of nitrogens with zero attached hydrogens (tertiary/aromatic N) is 2. The first-order valence-electron chi connectivity index (χ1n) is 4.56. The molecule has 0 aromatic carbocycles. The zero-order chi connectivity index (χ0) is 10.9. The monoisotopic (exact) mass is 196 g/mol. The van der Waals surface area contributed by atoms with Crippen molar-refractivity contribution in [2.24, 2.45) is 7.05 Å². The van der Waals surface area contributed by atoms with Crippen molar-refractivity contribution in [2.45, 2.75) is 32.6 Å². The normalized spacial score (nSPS) is 11.7. The van der Waals surface area contributed by atoms with Crippen molar-refractivity contribution in [2.75, 3.05) is 0 Å². The molecule has 0 aliphatic rings. The molecule has 14 heavy (non-hydrogen) atoms. The second kappa shape index (κ2) is 3.44. The summed E-state index contributed by atoms with van der Waals surface area (Å²) in [5, 5.41) is 12.8. The molecule has 0 aliphatic heterocycles. The van der Waals surface area contributed by atoms with E-state index >= 15 is 0 Å². The van der Waals surface area contributed by atoms with Crippen LogP contribution in [0.1, 0.15) is 32.2 Å². The van der Waals surface area contributed by atoms with Crippen LogP contribution < -0.4 is 0 Å². The molecule has 0 bridgehead atoms. The van der Waals surface area contributed by atoms with Gasteiger partial charge in [-0.2, -0.15) is 5.10 Å². The minimum atomic E-state index is -0.844. The van der Waals surface area contributed by atoms with Gasteiger partial charge in [-0.3, -0.25) is 9.48 Å². The van der Waals surface area contributed by atoms with Gasteiger partial charge < -0.3 is 5.11 Å². The molecular formula is C10H16N2O2. The maximum absolute atomic E-state index is 10.5. The average molecular weight is 196 g/mol. The number of carbonyl (C=O) groups is 1. The Bertz CT molecular complexity index is 347. The summed E-state index contributed by atoms with van der Waals surface area (Å²) < 4.78 is 1.75. The smallest absolute Gasteiger partial charge is 0.309 e. The molecule has 1 N–H and O–H groups in total. The van der Waals surface area contributed by atoms with Gasteiger partial charge in [0.05, 0.1) is 12.1 Å². The van der Waals surface area contributed by atoms with Crippen molar-refractivity contribution in [3.63, 3.8) is 0 Å². The summed E-state index contributed by atoms with van der Waals surface area (Å²) in [6, 6.07) is 1.86. The van der Waals surface area contributed by atoms with E-state index in [4.69, 9.17) is 5.11 Å². The van der Waals surface area contributed by atoms with Crippen molar-refractivity contribution >= 4 is 5.97 Å². The van der Waals surface area contributed by atoms with Crippen LogP contribution in [0.5, 0.6) is 0 Å². The Kier molecular flexibility index (Phi) is 2.64. The first kappa shape index (κ1) is 10.8. The quantitative estimate of drug-likeness (QED) is 0.776. The standard InChI is InChI=1S/C10H16N2O2/c1-10(2,3)8-5-7(6-9(13)14)11-12(8)4/h5H,6H2,1-4H3,(H,13,14). The van der Waals surface area contributed by atoms with Gasteiger partial charge in [-0.25, -0.2) is 0 Å². The third-order valence-corrected chi connectivity index (χ3v) is 2.03. The Balaban J connectivity index is 2.99. The molecular weight excluding hydrogens is 180 g/mol. The molecule has 0 saturated carbocycles. The highest BCUT2D eigenvalue weighted by Crippen LogP contribution is 2.22. The zero-order valence-corrected chi connectivity index (χ0v) is 9.03. The van der Waals surface area contributed by atoms with Crippen LogP contribution in [0.15, 0.2) is 6.07 Å². The van der Waals surface area contributed by atoms with Crippen molar-refractivity contribution in [3.05, 3.63) is 17.5 Å². The predicted molar refractivity (Wildman–Crippen MR) is 53.2 cm³/mol. The summed E-state index contributed by atoms with van der Waals surface area (Å²) in [5.41, 5.74) is 1.66. The topological polar surface area (TPSA) is 55.1 Å². The molecule has 0 unspecified atom stereocenters. The lowest BCUT2D eigenvalue weighted by molar-refractivity contribution is -0.136. The van der Waals surface area contributed by atoms with Crippen LogP contribution in [0.4, 0.5) is 0 Å². The molecule has 4 nitrogen and oxygen atoms in total. The van der Waals surface area contributed by atoms with Gasteiger partial charge in [-0.1, -0.05) is 20.8 Å². The molecule has 1 rings (SSSR count). The molecule has 4 heteroatoms. The number of rotatable bonds is 2. The van der Waals surface area contributed by atoms with Crippen LogP contribution in [0.2, 0.25) is 0 Å². The van der Waals surface area contributed by atoms with Crippen molar-refractivity contribution < 1.29 is 9.90 Å². The maximum atomic E-state index is 10.5. The molecule has 0 radical (unpaired) electrons. The van der Waals surface area contributed by atoms with Crippen LogP contribution in [0, 0.1) is 0 Å². The number of hydrogen-bond donors (Lipinski definition) is 1. The van der Waals surface area contributed by atoms with Crippen LogP contribution in [-0.2, 0) is 23.7 Å². The fourth-order valence-corrected chi connectivity index (χ4v) is 1.47. The van der Waals surface area contributed by atoms with Gasteiger partial charge in [0.1, 0.15) is 0 Å². The molecule has 78 valence electrons. The summed E-state index contributed by atoms with van der Waals surface area (Å²) >= 11 is 0. The number of carboxylic acids is 1. The molecule has 0 atom stereocenters. The average Bonchev–Trinajstić information content (AvgIpc) is 2.27. The highest BCUT2D eigenvalue weighted by atomic mass is 16.4. The maximum Gasteiger partial charge on any atom is 0.309 e. The molecule has 0 amide bonds. The number of aromatic nitrogens is 2. The van der Waals surface area contributed by atoms with E-state index in [1.54, 1.807) is 4.68 Å². The number of carboxylic acid groups (broad SMARTS) is 1. The van der Waals surface area contributed by atoms with E-state index < -0.39 is 5.97 Å². The highest BCUT2D eigenvalue weighted by molar-refractivity contribution is 5.69. The Morgan fingerprint density at radius 2 is 2.14 bits per heavy atom. The summed E-state index contributed by atoms with van der Waals surface area (Å²) in [6.45, 7) is 6.23. The second-order valence-electron chi connectivity index (χ2n) is 4.47. The second-order valence-corrected chi connectivity index (χ2v) is 4.47. The summed E-state index contributed by atoms with van der Waals surface area (Å²) in [4.78, 5) is 10.5. The van der Waals surface area contributed by atoms with E-state index in [0.29, 0.717) is 5.69 Å². The van der Waals surface area contributed by atoms with E-state index in [9.17, 15) is 4.79 Å². The molecule has 1 aromatic heterocycles. The molecule has 0 fully saturated rings. The van der Waals surface area contributed by atoms with Crippen molar-refractivity contribution in [1.82, 2.24) is 9.78 Å². The van der Waals surface area contributed by atoms with Gasteiger partial charge >= 0.3 is 5.97 Å². The predicted octanol–water partition coefficient (Wildman–Crippen LogP) is 1.34. The Morgan fingerprint density at radius 1 is 1.57 bits per heavy atom. The van der Waals surface area contributed by atoms with Gasteiger partial charge in [-0.05, 0) is 6.07 Å². The van der Waals surface area contributed by atoms with E-state index in [1.807, 2.05) is 13.1 Å². The van der Waals surface area contributed by atoms with Gasteiger partial charge in [0.25, 0.3) is 0 Å². The van der Waals surface area contributed by atoms with Crippen molar-refractivity contribution in [3.8, 4) is 0 Å². The van der Waals surface area contributed by atoms with E-state index in [2.05, 4.69) is 25.9 Å². The molecule has 0 spiro atoms. The number of hydrogen-bond acceptors (Lipinski definition) is 2. The van der Waals surface area contributed by atoms with Crippen LogP contribution in [0.25, 0.3) is 0 Å². The van der Waals surface area contributed by atoms with Gasteiger partial charge in [0, 0.05) is 18.2 Å². The lowest BCUT2D eigenvalue weighted by Crippen LogP contribution is -2.16. The van der Waals surface area contributed by atoms with Crippen LogP contribution >= 0.6 is 0 Å². The highest BCUT2D eigenvalue weighted by Gasteiger charge is 2.19. The number of aryl methyl sites for hydroxylation is 1. The molecule has 0 aliphatic carbocycles. The van der Waals surface area contributed by atoms with Crippen LogP contribution in [-0.4, -0.2) is 20.9 Å². The summed E-state index contributed by atoms with van der Waals surface area (Å²) in [7, 11) is 1.84. The Hall–Kier alpha value is -1.32. The van der Waals surface area contributed by atoms with Crippen molar-refractivity contribution in [1.29, 1.82) is 0 Å². The fraction of sp³-hybridized carbons (Fsp3) is 0.600. The zero-order valence-electron chi connectivity index (χ0n) is 9.03. The fourth-order valence-electron chi connectivity index (χ4n) is 1.47. The lowest BCUT2D eigenvalue weighted by atomic mass is 9.92. The van der Waals surface area contributed by atoms with Crippen LogP contribution in [0.3, 0.4) is 0 Å². The Morgan fingerprint density at radius 3 is 2.50 bits per heavy atom. The van der Waals surface area contributed by atoms with E-state index in [0.717, 1.165) is 5.69 Å². The Labute approximate surface area is 83.5 Å². The minimum absolute atomic E-state index is 0.00148. The van der Waals surface area contributed by atoms with Gasteiger partial charge in [-0.15, -0.1) is 0 Å². The van der Waals surface area contributed by atoms with E-state index in [1.165, 1.54) is 0 Å². The molecule has 0 saturated heterocycles. The minimum Gasteiger partial charge on any atom is -0.481 e. The van der Waals surface area contributed by atoms with E-state index in [-0.39, 0.29) is 11.8 Å². The van der Waals surface area contributed by atoms with Gasteiger partial charge in [0.2, 0.25) is 0 Å². The molecule has 1 aromatic rings. The van der Waals surface area contributed by atoms with Gasteiger partial charge in [0.15, 0.2) is 0 Å². The third kappa shape index (κ3) is 2.34. The number of aliphatic carboxylic acids is 1. The first-order valence-corrected chi connectivity index (χ1v) is 4.56. The lowest BCUT2D eigenvalue weighted by Gasteiger charge is -2.17. The molecule has 1 heterocycles. The SMILES string of the molecule is Cn1nc(CC(=O)O)cc1C(C)(C)C. The third-order valence-electron chi connectivity index (χ3n) is 2.03. The summed E-state index contributed by atoms with van der Waals surface area (Å²) in [5.74, 6) is -0.844. The first-order chi connectivity index (χ1) is 6.30.